The minimum absolute atomic E-state index is 0.0810. The molecule has 130 valence electrons. The quantitative estimate of drug-likeness (QED) is 0.785. The molecule has 3 atom stereocenters. The SMILES string of the molecule is N#C[C@@]1(O)CO[C@H](COCc2ccccc2)[C@H]1OCc1ccccc1. The average molecular weight is 339 g/mol. The highest BCUT2D eigenvalue weighted by Crippen LogP contribution is 2.28. The van der Waals surface area contributed by atoms with Crippen molar-refractivity contribution in [1.29, 1.82) is 5.26 Å². The van der Waals surface area contributed by atoms with Crippen LogP contribution in [0.5, 0.6) is 0 Å². The first-order chi connectivity index (χ1) is 12.2. The zero-order chi connectivity index (χ0) is 17.5. The summed E-state index contributed by atoms with van der Waals surface area (Å²) in [7, 11) is 0. The van der Waals surface area contributed by atoms with Crippen LogP contribution in [0.2, 0.25) is 0 Å². The Balaban J connectivity index is 1.58. The van der Waals surface area contributed by atoms with Crippen LogP contribution < -0.4 is 0 Å². The lowest BCUT2D eigenvalue weighted by Gasteiger charge is -2.25. The first kappa shape index (κ1) is 17.6. The predicted molar refractivity (Wildman–Crippen MR) is 91.4 cm³/mol. The van der Waals surface area contributed by atoms with Gasteiger partial charge in [-0.1, -0.05) is 60.7 Å². The molecule has 1 aliphatic heterocycles. The highest BCUT2D eigenvalue weighted by molar-refractivity contribution is 5.16. The molecule has 25 heavy (non-hydrogen) atoms. The first-order valence-corrected chi connectivity index (χ1v) is 8.24. The monoisotopic (exact) mass is 339 g/mol. The molecule has 0 aliphatic carbocycles. The fourth-order valence-corrected chi connectivity index (χ4v) is 2.82. The Hall–Kier alpha value is -2.23. The smallest absolute Gasteiger partial charge is 0.203 e. The van der Waals surface area contributed by atoms with Crippen molar-refractivity contribution in [1.82, 2.24) is 0 Å². The molecule has 0 unspecified atom stereocenters. The van der Waals surface area contributed by atoms with Gasteiger partial charge in [-0.3, -0.25) is 0 Å². The molecular weight excluding hydrogens is 318 g/mol. The van der Waals surface area contributed by atoms with Gasteiger partial charge in [-0.15, -0.1) is 0 Å². The Labute approximate surface area is 147 Å². The van der Waals surface area contributed by atoms with Gasteiger partial charge in [0.25, 0.3) is 0 Å². The molecule has 1 heterocycles. The van der Waals surface area contributed by atoms with Crippen LogP contribution in [0.4, 0.5) is 0 Å². The summed E-state index contributed by atoms with van der Waals surface area (Å²) in [6, 6.07) is 21.3. The highest BCUT2D eigenvalue weighted by Gasteiger charge is 2.50. The Morgan fingerprint density at radius 1 is 1.04 bits per heavy atom. The largest absolute Gasteiger partial charge is 0.374 e. The highest BCUT2D eigenvalue weighted by atomic mass is 16.6. The molecule has 1 saturated heterocycles. The van der Waals surface area contributed by atoms with Crippen LogP contribution in [0, 0.1) is 11.3 Å². The van der Waals surface area contributed by atoms with Gasteiger partial charge in [0.05, 0.1) is 26.4 Å². The number of ether oxygens (including phenoxy) is 3. The fourth-order valence-electron chi connectivity index (χ4n) is 2.82. The van der Waals surface area contributed by atoms with Gasteiger partial charge in [0.1, 0.15) is 18.3 Å². The fraction of sp³-hybridized carbons (Fsp3) is 0.350. The molecule has 5 heteroatoms. The summed E-state index contributed by atoms with van der Waals surface area (Å²) in [5.74, 6) is 0. The maximum absolute atomic E-state index is 10.5. The molecular formula is C20H21NO4. The summed E-state index contributed by atoms with van der Waals surface area (Å²) >= 11 is 0. The van der Waals surface area contributed by atoms with Gasteiger partial charge in [-0.25, -0.2) is 0 Å². The Bertz CT molecular complexity index is 701. The van der Waals surface area contributed by atoms with Gasteiger partial charge >= 0.3 is 0 Å². The van der Waals surface area contributed by atoms with E-state index in [0.29, 0.717) is 13.2 Å². The van der Waals surface area contributed by atoms with Crippen LogP contribution in [-0.4, -0.2) is 36.1 Å². The van der Waals surface area contributed by atoms with Gasteiger partial charge in [0.15, 0.2) is 0 Å². The maximum atomic E-state index is 10.5. The number of nitriles is 1. The van der Waals surface area contributed by atoms with E-state index < -0.39 is 17.8 Å². The van der Waals surface area contributed by atoms with Gasteiger partial charge in [0, 0.05) is 0 Å². The van der Waals surface area contributed by atoms with Crippen molar-refractivity contribution >= 4 is 0 Å². The Kier molecular flexibility index (Phi) is 5.79. The summed E-state index contributed by atoms with van der Waals surface area (Å²) < 4.78 is 17.1. The van der Waals surface area contributed by atoms with Gasteiger partial charge in [-0.05, 0) is 11.1 Å². The lowest BCUT2D eigenvalue weighted by atomic mass is 9.98. The van der Waals surface area contributed by atoms with Crippen molar-refractivity contribution in [2.24, 2.45) is 0 Å². The molecule has 2 aromatic carbocycles. The van der Waals surface area contributed by atoms with E-state index in [0.717, 1.165) is 11.1 Å². The van der Waals surface area contributed by atoms with Crippen LogP contribution in [0.3, 0.4) is 0 Å². The van der Waals surface area contributed by atoms with Crippen molar-refractivity contribution in [3.63, 3.8) is 0 Å². The van der Waals surface area contributed by atoms with E-state index in [1.54, 1.807) is 0 Å². The van der Waals surface area contributed by atoms with E-state index in [2.05, 4.69) is 0 Å². The number of hydrogen-bond acceptors (Lipinski definition) is 5. The van der Waals surface area contributed by atoms with Crippen molar-refractivity contribution in [2.75, 3.05) is 13.2 Å². The van der Waals surface area contributed by atoms with E-state index in [-0.39, 0.29) is 13.2 Å². The first-order valence-electron chi connectivity index (χ1n) is 8.24. The number of benzene rings is 2. The molecule has 0 bridgehead atoms. The predicted octanol–water partition coefficient (Wildman–Crippen LogP) is 2.44. The van der Waals surface area contributed by atoms with E-state index in [1.807, 2.05) is 66.7 Å². The Morgan fingerprint density at radius 3 is 2.24 bits per heavy atom. The molecule has 0 spiro atoms. The van der Waals surface area contributed by atoms with E-state index in [4.69, 9.17) is 14.2 Å². The molecule has 2 aromatic rings. The van der Waals surface area contributed by atoms with Crippen molar-refractivity contribution < 1.29 is 19.3 Å². The third-order valence-corrected chi connectivity index (χ3v) is 4.19. The van der Waals surface area contributed by atoms with Crippen molar-refractivity contribution in [3.8, 4) is 6.07 Å². The maximum Gasteiger partial charge on any atom is 0.203 e. The average Bonchev–Trinajstić information content (AvgIpc) is 2.98. The second-order valence-electron chi connectivity index (χ2n) is 6.10. The number of hydrogen-bond donors (Lipinski definition) is 1. The molecule has 0 amide bonds. The van der Waals surface area contributed by atoms with Crippen LogP contribution in [0.25, 0.3) is 0 Å². The zero-order valence-electron chi connectivity index (χ0n) is 13.9. The third kappa shape index (κ3) is 4.44. The van der Waals surface area contributed by atoms with Gasteiger partial charge in [-0.2, -0.15) is 5.26 Å². The second kappa shape index (κ2) is 8.24. The summed E-state index contributed by atoms with van der Waals surface area (Å²) in [5, 5.41) is 19.8. The second-order valence-corrected chi connectivity index (χ2v) is 6.10. The lowest BCUT2D eigenvalue weighted by molar-refractivity contribution is -0.0891. The minimum Gasteiger partial charge on any atom is -0.374 e. The number of aliphatic hydroxyl groups is 1. The zero-order valence-corrected chi connectivity index (χ0v) is 13.9. The summed E-state index contributed by atoms with van der Waals surface area (Å²) in [6.45, 7) is 0.909. The van der Waals surface area contributed by atoms with Crippen molar-refractivity contribution in [3.05, 3.63) is 71.8 Å². The van der Waals surface area contributed by atoms with E-state index >= 15 is 0 Å². The third-order valence-electron chi connectivity index (χ3n) is 4.19. The van der Waals surface area contributed by atoms with Gasteiger partial charge in [0.2, 0.25) is 5.60 Å². The minimum atomic E-state index is -1.66. The van der Waals surface area contributed by atoms with E-state index in [1.165, 1.54) is 0 Å². The number of nitrogens with zero attached hydrogens (tertiary/aromatic N) is 1. The molecule has 1 fully saturated rings. The molecule has 5 nitrogen and oxygen atoms in total. The standard InChI is InChI=1S/C20H21NO4/c21-14-20(22)15-25-18(13-23-11-16-7-3-1-4-8-16)19(20)24-12-17-9-5-2-6-10-17/h1-10,18-19,22H,11-13,15H2/t18-,19-,20-/m1/s1. The van der Waals surface area contributed by atoms with E-state index in [9.17, 15) is 10.4 Å². The molecule has 1 aliphatic rings. The number of rotatable bonds is 7. The molecule has 0 aromatic heterocycles. The summed E-state index contributed by atoms with van der Waals surface area (Å²) in [4.78, 5) is 0. The van der Waals surface area contributed by atoms with Crippen LogP contribution in [0.1, 0.15) is 11.1 Å². The normalized spacial score (nSPS) is 25.6. The summed E-state index contributed by atoms with van der Waals surface area (Å²) in [6.07, 6.45) is -1.24. The van der Waals surface area contributed by atoms with Crippen LogP contribution >= 0.6 is 0 Å². The molecule has 0 saturated carbocycles. The molecule has 0 radical (unpaired) electrons. The molecule has 1 N–H and O–H groups in total. The van der Waals surface area contributed by atoms with Crippen molar-refractivity contribution in [2.45, 2.75) is 31.0 Å². The molecule has 3 rings (SSSR count). The summed E-state index contributed by atoms with van der Waals surface area (Å²) in [5.41, 5.74) is 0.367. The topological polar surface area (TPSA) is 71.7 Å². The van der Waals surface area contributed by atoms with Gasteiger partial charge < -0.3 is 19.3 Å². The lowest BCUT2D eigenvalue weighted by Crippen LogP contribution is -2.45. The van der Waals surface area contributed by atoms with Crippen LogP contribution in [0.15, 0.2) is 60.7 Å². The Morgan fingerprint density at radius 2 is 1.64 bits per heavy atom. The van der Waals surface area contributed by atoms with Crippen LogP contribution in [-0.2, 0) is 27.4 Å².